The van der Waals surface area contributed by atoms with Crippen LogP contribution in [0.1, 0.15) is 86.0 Å². The molecule has 0 aromatic heterocycles. The Labute approximate surface area is 182 Å². The minimum absolute atomic E-state index is 0.0982. The van der Waals surface area contributed by atoms with E-state index in [0.717, 1.165) is 32.1 Å². The van der Waals surface area contributed by atoms with Crippen LogP contribution in [0.15, 0.2) is 11.6 Å². The Bertz CT molecular complexity index is 793. The van der Waals surface area contributed by atoms with Crippen LogP contribution in [0.4, 0.5) is 0 Å². The first-order valence-electron chi connectivity index (χ1n) is 12.1. The summed E-state index contributed by atoms with van der Waals surface area (Å²) in [5.41, 5.74) is 0.603. The highest BCUT2D eigenvalue weighted by atomic mass is 16.3. The van der Waals surface area contributed by atoms with Crippen LogP contribution >= 0.6 is 0 Å². The van der Waals surface area contributed by atoms with Crippen molar-refractivity contribution >= 4 is 5.78 Å². The quantitative estimate of drug-likeness (QED) is 0.634. The number of ketones is 1. The Hall–Kier alpha value is -1.11. The highest BCUT2D eigenvalue weighted by Crippen LogP contribution is 2.66. The molecule has 30 heavy (non-hydrogen) atoms. The third-order valence-electron chi connectivity index (χ3n) is 9.50. The van der Waals surface area contributed by atoms with E-state index in [0.29, 0.717) is 35.9 Å². The molecule has 0 heterocycles. The predicted octanol–water partition coefficient (Wildman–Crippen LogP) is 4.91. The molecular formula is C27H40O3. The zero-order valence-corrected chi connectivity index (χ0v) is 19.5. The molecule has 0 bridgehead atoms. The Morgan fingerprint density at radius 1 is 1.17 bits per heavy atom. The highest BCUT2D eigenvalue weighted by Gasteiger charge is 2.61. The minimum atomic E-state index is -0.929. The van der Waals surface area contributed by atoms with Gasteiger partial charge in [-0.2, -0.15) is 0 Å². The maximum atomic E-state index is 13.4. The van der Waals surface area contributed by atoms with Gasteiger partial charge in [-0.15, -0.1) is 5.92 Å². The van der Waals surface area contributed by atoms with Crippen molar-refractivity contribution in [3.05, 3.63) is 11.6 Å². The van der Waals surface area contributed by atoms with Crippen LogP contribution < -0.4 is 0 Å². The van der Waals surface area contributed by atoms with Gasteiger partial charge in [0.2, 0.25) is 0 Å². The third-order valence-corrected chi connectivity index (χ3v) is 9.50. The van der Waals surface area contributed by atoms with Crippen molar-refractivity contribution in [1.82, 2.24) is 0 Å². The molecule has 0 aromatic carbocycles. The van der Waals surface area contributed by atoms with E-state index in [1.54, 1.807) is 13.8 Å². The number of hydrogen-bond donors (Lipinski definition) is 2. The summed E-state index contributed by atoms with van der Waals surface area (Å²) in [4.78, 5) is 13.4. The molecular weight excluding hydrogens is 372 g/mol. The summed E-state index contributed by atoms with van der Waals surface area (Å²) >= 11 is 0. The van der Waals surface area contributed by atoms with Crippen molar-refractivity contribution in [3.63, 3.8) is 0 Å². The zero-order chi connectivity index (χ0) is 21.9. The first-order valence-corrected chi connectivity index (χ1v) is 12.1. The largest absolute Gasteiger partial charge is 0.393 e. The number of carbonyl (C=O) groups excluding carboxylic acids is 1. The summed E-state index contributed by atoms with van der Waals surface area (Å²) in [5.74, 6) is 8.70. The topological polar surface area (TPSA) is 57.5 Å². The normalized spacial score (nSPS) is 44.2. The van der Waals surface area contributed by atoms with Crippen LogP contribution in [0.2, 0.25) is 0 Å². The van der Waals surface area contributed by atoms with Gasteiger partial charge in [-0.3, -0.25) is 4.79 Å². The second kappa shape index (κ2) is 7.49. The number of allylic oxidation sites excluding steroid dienone is 1. The van der Waals surface area contributed by atoms with Gasteiger partial charge in [-0.25, -0.2) is 0 Å². The van der Waals surface area contributed by atoms with Gasteiger partial charge in [0.1, 0.15) is 5.60 Å². The fourth-order valence-electron chi connectivity index (χ4n) is 7.93. The summed E-state index contributed by atoms with van der Waals surface area (Å²) in [6.07, 6.45) is 9.74. The maximum absolute atomic E-state index is 13.4. The Morgan fingerprint density at radius 3 is 2.60 bits per heavy atom. The van der Waals surface area contributed by atoms with Gasteiger partial charge >= 0.3 is 0 Å². The van der Waals surface area contributed by atoms with Crippen LogP contribution in [0.5, 0.6) is 0 Å². The van der Waals surface area contributed by atoms with E-state index < -0.39 is 5.60 Å². The maximum Gasteiger partial charge on any atom is 0.159 e. The van der Waals surface area contributed by atoms with Crippen LogP contribution in [-0.2, 0) is 4.79 Å². The van der Waals surface area contributed by atoms with Crippen LogP contribution in [-0.4, -0.2) is 27.7 Å². The monoisotopic (exact) mass is 412 g/mol. The molecule has 166 valence electrons. The van der Waals surface area contributed by atoms with E-state index in [-0.39, 0.29) is 22.9 Å². The van der Waals surface area contributed by atoms with E-state index in [1.165, 1.54) is 18.4 Å². The molecule has 2 N–H and O–H groups in total. The van der Waals surface area contributed by atoms with Crippen molar-refractivity contribution in [2.75, 3.05) is 0 Å². The second-order valence-electron chi connectivity index (χ2n) is 11.9. The van der Waals surface area contributed by atoms with Gasteiger partial charge in [0.25, 0.3) is 0 Å². The van der Waals surface area contributed by atoms with Crippen molar-refractivity contribution in [2.45, 2.75) is 97.7 Å². The van der Waals surface area contributed by atoms with Crippen LogP contribution in [0, 0.1) is 52.3 Å². The summed E-state index contributed by atoms with van der Waals surface area (Å²) in [6.45, 7) is 10.6. The molecule has 4 rings (SSSR count). The number of aliphatic hydroxyl groups is 2. The molecule has 8 unspecified atom stereocenters. The van der Waals surface area contributed by atoms with E-state index in [9.17, 15) is 15.0 Å². The number of hydrogen-bond acceptors (Lipinski definition) is 3. The van der Waals surface area contributed by atoms with Gasteiger partial charge in [-0.1, -0.05) is 32.3 Å². The molecule has 0 radical (unpaired) electrons. The molecule has 3 heteroatoms. The summed E-state index contributed by atoms with van der Waals surface area (Å²) in [6, 6.07) is 0. The molecule has 0 aromatic rings. The first-order chi connectivity index (χ1) is 14.0. The molecule has 3 fully saturated rings. The molecule has 3 nitrogen and oxygen atoms in total. The molecule has 0 aliphatic heterocycles. The molecule has 8 atom stereocenters. The molecule has 0 spiro atoms. The predicted molar refractivity (Wildman–Crippen MR) is 119 cm³/mol. The zero-order valence-electron chi connectivity index (χ0n) is 19.5. The lowest BCUT2D eigenvalue weighted by molar-refractivity contribution is -0.135. The van der Waals surface area contributed by atoms with Gasteiger partial charge in [0.15, 0.2) is 5.78 Å². The average molecular weight is 413 g/mol. The van der Waals surface area contributed by atoms with Crippen molar-refractivity contribution < 1.29 is 15.0 Å². The van der Waals surface area contributed by atoms with Crippen LogP contribution in [0.25, 0.3) is 0 Å². The highest BCUT2D eigenvalue weighted by molar-refractivity contribution is 5.94. The smallest absolute Gasteiger partial charge is 0.159 e. The molecule has 4 aliphatic carbocycles. The number of rotatable bonds is 2. The molecule has 4 aliphatic rings. The van der Waals surface area contributed by atoms with E-state index in [1.807, 2.05) is 6.08 Å². The third kappa shape index (κ3) is 3.59. The molecule has 3 saturated carbocycles. The summed E-state index contributed by atoms with van der Waals surface area (Å²) < 4.78 is 0. The fourth-order valence-corrected chi connectivity index (χ4v) is 7.93. The van der Waals surface area contributed by atoms with Crippen molar-refractivity contribution in [3.8, 4) is 11.8 Å². The second-order valence-corrected chi connectivity index (χ2v) is 11.9. The number of aliphatic hydroxyl groups excluding tert-OH is 1. The Kier molecular flexibility index (Phi) is 5.52. The average Bonchev–Trinajstić information content (AvgIpc) is 2.99. The number of carbonyl (C=O) groups is 1. The fraction of sp³-hybridized carbons (Fsp3) is 0.815. The molecule has 0 amide bonds. The van der Waals surface area contributed by atoms with E-state index in [2.05, 4.69) is 32.6 Å². The summed E-state index contributed by atoms with van der Waals surface area (Å²) in [7, 11) is 0. The number of fused-ring (bicyclic) bond motifs is 5. The standard InChI is InChI=1S/C27H40O3/c1-17(7-6-12-25(2,3)30)20-8-9-21-24-22(11-14-27(20,21)5)26(4)13-10-19(28)15-18(26)16-23(24)29/h16-17,19-22,24,28,30H,7-11,13-15H2,1-5H3. The van der Waals surface area contributed by atoms with Crippen molar-refractivity contribution in [2.24, 2.45) is 40.4 Å². The van der Waals surface area contributed by atoms with Gasteiger partial charge in [-0.05, 0) is 99.4 Å². The summed E-state index contributed by atoms with van der Waals surface area (Å²) in [5, 5.41) is 20.1. The lowest BCUT2D eigenvalue weighted by Gasteiger charge is -2.57. The molecule has 0 saturated heterocycles. The first kappa shape index (κ1) is 22.1. The van der Waals surface area contributed by atoms with E-state index in [4.69, 9.17) is 0 Å². The Morgan fingerprint density at radius 2 is 1.90 bits per heavy atom. The van der Waals surface area contributed by atoms with Crippen molar-refractivity contribution in [1.29, 1.82) is 0 Å². The van der Waals surface area contributed by atoms with Gasteiger partial charge < -0.3 is 10.2 Å². The van der Waals surface area contributed by atoms with Gasteiger partial charge in [0, 0.05) is 12.3 Å². The minimum Gasteiger partial charge on any atom is -0.393 e. The lowest BCUT2D eigenvalue weighted by atomic mass is 9.46. The SMILES string of the molecule is CC(CC#CC(C)(C)O)C1CCC2C3C(=O)C=C4CC(O)CCC4(C)C3CCC12C. The van der Waals surface area contributed by atoms with Crippen LogP contribution in [0.3, 0.4) is 0 Å². The Balaban J connectivity index is 1.57. The lowest BCUT2D eigenvalue weighted by Crippen LogP contribution is -2.53. The van der Waals surface area contributed by atoms with Gasteiger partial charge in [0.05, 0.1) is 6.10 Å². The van der Waals surface area contributed by atoms with E-state index >= 15 is 0 Å².